The van der Waals surface area contributed by atoms with Crippen LogP contribution in [0.4, 0.5) is 57.1 Å². The number of pyridine rings is 2. The van der Waals surface area contributed by atoms with Gasteiger partial charge >= 0.3 is 0 Å². The lowest BCUT2D eigenvalue weighted by Gasteiger charge is -2.34. The molecule has 672 valence electrons. The molecule has 2 aliphatic heterocycles. The maximum Gasteiger partial charge on any atom is 0.212 e. The summed E-state index contributed by atoms with van der Waals surface area (Å²) in [5, 5.41) is 23.1. The summed E-state index contributed by atoms with van der Waals surface area (Å²) in [5.74, 6) is 2.68. The average molecular weight is 1840 g/mol. The molecule has 0 bridgehead atoms. The molecule has 0 saturated heterocycles. The Labute approximate surface area is 835 Å². The van der Waals surface area contributed by atoms with E-state index in [1.54, 1.807) is 0 Å². The van der Waals surface area contributed by atoms with Crippen LogP contribution in [0.25, 0.3) is 127 Å². The monoisotopic (exact) mass is 1830 g/mol. The molecule has 0 unspecified atom stereocenters. The Morgan fingerprint density at radius 1 is 0.264 bits per heavy atom. The van der Waals surface area contributed by atoms with Gasteiger partial charge in [0.1, 0.15) is 11.7 Å². The van der Waals surface area contributed by atoms with Gasteiger partial charge in [-0.3, -0.25) is 0 Å². The SMILES string of the molecule is [C-]#[N+]/C(=C(/C#N)c1ccc(N(c2ccc(-c3ccccc3)cc2)c2ccc(-c3ccc(N=C4Nc5ccc(-c6ccc7c(c6)C(c6ccccc6)(c6ccccc6)c6ccccc6-7)c6cccc4c56)nc3)cc2)cc1)c1ccc(N(c2ccc(-c3ccccc3)cc2)c2ccc(-c3ccc(N=C4Nc5ccc(-c6ccc7c(c6)C(c6ccccc6)(c6ccccc6)c6ccccc6-7)c6cccc4c56)nc3)cc2)cc1. The zero-order chi connectivity index (χ0) is 95.8. The van der Waals surface area contributed by atoms with E-state index in [0.717, 1.165) is 157 Å². The van der Waals surface area contributed by atoms with E-state index in [-0.39, 0.29) is 11.3 Å². The second kappa shape index (κ2) is 35.5. The van der Waals surface area contributed by atoms with Crippen LogP contribution >= 0.6 is 0 Å². The van der Waals surface area contributed by atoms with Crippen molar-refractivity contribution < 1.29 is 0 Å². The fraction of sp³-hybridized carbons (Fsp3) is 0.0149. The lowest BCUT2D eigenvalue weighted by Crippen LogP contribution is -2.28. The van der Waals surface area contributed by atoms with Crippen molar-refractivity contribution in [2.24, 2.45) is 9.98 Å². The molecule has 0 fully saturated rings. The van der Waals surface area contributed by atoms with Crippen molar-refractivity contribution in [2.75, 3.05) is 20.4 Å². The van der Waals surface area contributed by atoms with Gasteiger partial charge < -0.3 is 20.4 Å². The maximum atomic E-state index is 11.2. The number of rotatable bonds is 20. The molecule has 2 aromatic heterocycles. The van der Waals surface area contributed by atoms with Gasteiger partial charge in [0.2, 0.25) is 5.70 Å². The first kappa shape index (κ1) is 84.9. The summed E-state index contributed by atoms with van der Waals surface area (Å²) in [4.78, 5) is 28.9. The quantitative estimate of drug-likeness (QED) is 0.0444. The number of amidine groups is 2. The fourth-order valence-electron chi connectivity index (χ4n) is 22.6. The molecular weight excluding hydrogens is 1750 g/mol. The zero-order valence-electron chi connectivity index (χ0n) is 78.1. The second-order valence-corrected chi connectivity index (χ2v) is 37.0. The Kier molecular flexibility index (Phi) is 20.9. The van der Waals surface area contributed by atoms with Crippen LogP contribution in [0.15, 0.2) is 520 Å². The van der Waals surface area contributed by atoms with Gasteiger partial charge in [0.05, 0.1) is 29.0 Å². The summed E-state index contributed by atoms with van der Waals surface area (Å²) in [6, 6.07) is 179. The van der Waals surface area contributed by atoms with Crippen molar-refractivity contribution in [2.45, 2.75) is 10.8 Å². The van der Waals surface area contributed by atoms with Gasteiger partial charge in [-0.15, -0.1) is 0 Å². The summed E-state index contributed by atoms with van der Waals surface area (Å²) < 4.78 is 0. The second-order valence-electron chi connectivity index (χ2n) is 37.0. The molecule has 0 amide bonds. The summed E-state index contributed by atoms with van der Waals surface area (Å²) in [7, 11) is 0. The maximum absolute atomic E-state index is 11.2. The first-order valence-corrected chi connectivity index (χ1v) is 48.6. The minimum absolute atomic E-state index is 0.246. The number of nitriles is 1. The van der Waals surface area contributed by atoms with E-state index in [1.807, 2.05) is 85.2 Å². The summed E-state index contributed by atoms with van der Waals surface area (Å²) in [6.45, 7) is 8.75. The van der Waals surface area contributed by atoms with Crippen molar-refractivity contribution >= 4 is 102 Å². The third-order valence-electron chi connectivity index (χ3n) is 29.2. The van der Waals surface area contributed by atoms with Crippen LogP contribution in [0, 0.1) is 17.9 Å². The number of benzene rings is 20. The van der Waals surface area contributed by atoms with E-state index in [0.29, 0.717) is 22.8 Å². The predicted octanol–water partition coefficient (Wildman–Crippen LogP) is 33.8. The highest BCUT2D eigenvalue weighted by Crippen LogP contribution is 2.60. The van der Waals surface area contributed by atoms with Gasteiger partial charge in [-0.05, 0) is 266 Å². The molecule has 10 nitrogen and oxygen atoms in total. The highest BCUT2D eigenvalue weighted by molar-refractivity contribution is 6.29. The number of nitrogens with zero attached hydrogens (tertiary/aromatic N) is 8. The van der Waals surface area contributed by atoms with Gasteiger partial charge in [-0.25, -0.2) is 24.8 Å². The predicted molar refractivity (Wildman–Crippen MR) is 592 cm³/mol. The number of hydrogen-bond acceptors (Lipinski definition) is 7. The highest BCUT2D eigenvalue weighted by atomic mass is 15.1. The van der Waals surface area contributed by atoms with E-state index >= 15 is 0 Å². The number of aromatic nitrogens is 2. The van der Waals surface area contributed by atoms with E-state index in [1.165, 1.54) is 66.8 Å². The Bertz CT molecular complexity index is 8370. The van der Waals surface area contributed by atoms with Crippen LogP contribution in [0.5, 0.6) is 0 Å². The van der Waals surface area contributed by atoms with Crippen molar-refractivity contribution in [1.82, 2.24) is 9.97 Å². The number of nitrogens with one attached hydrogen (secondary N) is 2. The van der Waals surface area contributed by atoms with Gasteiger partial charge in [-0.2, -0.15) is 5.26 Å². The Hall–Kier alpha value is -19.5. The Balaban J connectivity index is 0.463. The number of anilines is 8. The molecule has 4 aliphatic rings. The third-order valence-corrected chi connectivity index (χ3v) is 29.2. The molecule has 2 N–H and O–H groups in total. The lowest BCUT2D eigenvalue weighted by molar-refractivity contribution is 0.769. The third kappa shape index (κ3) is 14.4. The Morgan fingerprint density at radius 3 is 0.903 bits per heavy atom. The first-order chi connectivity index (χ1) is 71.3. The molecular formula is C134H86N10. The smallest absolute Gasteiger partial charge is 0.212 e. The molecule has 144 heavy (non-hydrogen) atoms. The summed E-state index contributed by atoms with van der Waals surface area (Å²) in [5.41, 5.74) is 38.2. The van der Waals surface area contributed by atoms with E-state index < -0.39 is 10.8 Å². The van der Waals surface area contributed by atoms with Gasteiger partial charge in [0.25, 0.3) is 0 Å². The largest absolute Gasteiger partial charge is 0.339 e. The number of aliphatic imine (C=N–C) groups is 2. The molecule has 4 heterocycles. The molecule has 20 aromatic carbocycles. The molecule has 22 aromatic rings. The van der Waals surface area contributed by atoms with Crippen molar-refractivity contribution in [3.05, 3.63) is 588 Å². The van der Waals surface area contributed by atoms with Crippen molar-refractivity contribution in [1.29, 1.82) is 5.26 Å². The molecule has 0 spiro atoms. The van der Waals surface area contributed by atoms with Crippen LogP contribution in [-0.4, -0.2) is 21.6 Å². The molecule has 26 rings (SSSR count). The minimum atomic E-state index is -0.515. The average Bonchev–Trinajstić information content (AvgIpc) is 1.54. The highest BCUT2D eigenvalue weighted by Gasteiger charge is 2.48. The van der Waals surface area contributed by atoms with Gasteiger partial charge in [-0.1, -0.05) is 376 Å². The standard InChI is InChI=1S/C134H86N10/c1-136-130(94-56-72-108(73-57-94)144(104-64-48-90(49-65-104)88-28-10-3-11-29-88)106-68-52-92(53-69-106)98-61-81-127(138-86-98)142-132-118-43-25-41-116-110(77-79-125(140-132)129(116)118)96-59-75-114-112-39-21-23-45-121(112)134(123(114)83-96,101-34-16-6-17-35-101)102-36-18-7-19-37-102)119(84-135)93-54-70-107(71-55-93)143(103-62-46-89(47-63-103)87-26-8-2-9-27-87)105-66-50-91(51-67-105)97-60-80-126(137-85-97)141-131-117-42-24-40-115-109(76-78-124(139-131)128(115)117)95-58-74-113-111-38-20-22-44-120(111)133(122(113)82-95,99-30-12-4-13-31-99)100-32-14-5-15-33-100/h2-83,85-86H,(H,137,139,141)(H,138,140,142)/b130-119-. The molecule has 0 atom stereocenters. The lowest BCUT2D eigenvalue weighted by atomic mass is 9.67. The zero-order valence-corrected chi connectivity index (χ0v) is 78.1. The van der Waals surface area contributed by atoms with E-state index in [4.69, 9.17) is 26.5 Å². The number of allylic oxidation sites excluding steroid dienone is 1. The fourth-order valence-corrected chi connectivity index (χ4v) is 22.6. The summed E-state index contributed by atoms with van der Waals surface area (Å²) in [6.07, 6.45) is 3.79. The van der Waals surface area contributed by atoms with Crippen molar-refractivity contribution in [3.63, 3.8) is 0 Å². The van der Waals surface area contributed by atoms with Crippen LogP contribution in [0.3, 0.4) is 0 Å². The van der Waals surface area contributed by atoms with Crippen LogP contribution in [0.1, 0.15) is 66.8 Å². The Morgan fingerprint density at radius 2 is 0.556 bits per heavy atom. The molecule has 0 radical (unpaired) electrons. The molecule has 0 saturated carbocycles. The first-order valence-electron chi connectivity index (χ1n) is 48.6. The number of fused-ring (bicyclic) bond motifs is 6. The minimum Gasteiger partial charge on any atom is -0.339 e. The van der Waals surface area contributed by atoms with Crippen LogP contribution in [0.2, 0.25) is 0 Å². The topological polar surface area (TPSA) is 109 Å². The van der Waals surface area contributed by atoms with E-state index in [9.17, 15) is 5.26 Å². The van der Waals surface area contributed by atoms with Gasteiger partial charge in [0, 0.05) is 90.9 Å². The van der Waals surface area contributed by atoms with E-state index in [2.05, 4.69) is 456 Å². The number of hydrogen-bond donors (Lipinski definition) is 2. The molecule has 2 aliphatic carbocycles. The van der Waals surface area contributed by atoms with Gasteiger partial charge in [0.15, 0.2) is 11.6 Å². The van der Waals surface area contributed by atoms with Crippen LogP contribution in [-0.2, 0) is 10.8 Å². The summed E-state index contributed by atoms with van der Waals surface area (Å²) >= 11 is 0. The van der Waals surface area contributed by atoms with Crippen molar-refractivity contribution in [3.8, 4) is 95.1 Å². The molecule has 10 heteroatoms. The normalized spacial score (nSPS) is 13.6. The van der Waals surface area contributed by atoms with Crippen LogP contribution < -0.4 is 20.4 Å².